The minimum atomic E-state index is -0.986. The summed E-state index contributed by atoms with van der Waals surface area (Å²) in [6.45, 7) is 5.56. The van der Waals surface area contributed by atoms with E-state index in [1.807, 2.05) is 13.8 Å². The first-order valence-corrected chi connectivity index (χ1v) is 6.18. The SMILES string of the molecule is C[C@@H]1CN(c2ncc(/C=C/C(=O)O)cn2)C[C@H](C)O1. The van der Waals surface area contributed by atoms with Crippen LogP contribution in [0.1, 0.15) is 19.4 Å². The third-order valence-corrected chi connectivity index (χ3v) is 2.78. The standard InChI is InChI=1S/C13H17N3O3/c1-9-7-16(8-10(2)19-9)13-14-5-11(6-15-13)3-4-12(17)18/h3-6,9-10H,7-8H2,1-2H3,(H,17,18)/b4-3+/t9-,10+. The number of aromatic nitrogens is 2. The van der Waals surface area contributed by atoms with Crippen LogP contribution in [0.4, 0.5) is 5.95 Å². The molecule has 1 N–H and O–H groups in total. The lowest BCUT2D eigenvalue weighted by atomic mass is 10.2. The number of rotatable bonds is 3. The number of morpholine rings is 1. The molecule has 6 heteroatoms. The third kappa shape index (κ3) is 3.75. The Labute approximate surface area is 111 Å². The molecule has 0 bridgehead atoms. The maximum Gasteiger partial charge on any atom is 0.328 e. The second kappa shape index (κ2) is 5.79. The van der Waals surface area contributed by atoms with Crippen molar-refractivity contribution in [2.24, 2.45) is 0 Å². The summed E-state index contributed by atoms with van der Waals surface area (Å²) in [5, 5.41) is 8.54. The average Bonchev–Trinajstić information content (AvgIpc) is 2.36. The highest BCUT2D eigenvalue weighted by molar-refractivity contribution is 5.85. The van der Waals surface area contributed by atoms with Crippen molar-refractivity contribution in [1.82, 2.24) is 9.97 Å². The Morgan fingerprint density at radius 2 is 1.95 bits per heavy atom. The fraction of sp³-hybridized carbons (Fsp3) is 0.462. The number of hydrogen-bond acceptors (Lipinski definition) is 5. The normalized spacial score (nSPS) is 23.8. The van der Waals surface area contributed by atoms with E-state index in [1.165, 1.54) is 6.08 Å². The van der Waals surface area contributed by atoms with Crippen molar-refractivity contribution in [2.45, 2.75) is 26.1 Å². The van der Waals surface area contributed by atoms with Gasteiger partial charge in [0.2, 0.25) is 5.95 Å². The Kier molecular flexibility index (Phi) is 4.11. The molecule has 6 nitrogen and oxygen atoms in total. The van der Waals surface area contributed by atoms with E-state index in [0.29, 0.717) is 11.5 Å². The second-order valence-electron chi connectivity index (χ2n) is 4.65. The lowest BCUT2D eigenvalue weighted by Gasteiger charge is -2.35. The summed E-state index contributed by atoms with van der Waals surface area (Å²) in [6.07, 6.45) is 6.07. The molecule has 0 aliphatic carbocycles. The third-order valence-electron chi connectivity index (χ3n) is 2.78. The zero-order valence-corrected chi connectivity index (χ0v) is 11.0. The van der Waals surface area contributed by atoms with E-state index in [2.05, 4.69) is 14.9 Å². The number of hydrogen-bond donors (Lipinski definition) is 1. The Hall–Kier alpha value is -1.95. The van der Waals surface area contributed by atoms with Crippen LogP contribution in [0.3, 0.4) is 0 Å². The van der Waals surface area contributed by atoms with Gasteiger partial charge in [0.1, 0.15) is 0 Å². The molecule has 0 spiro atoms. The van der Waals surface area contributed by atoms with E-state index >= 15 is 0 Å². The van der Waals surface area contributed by atoms with E-state index in [-0.39, 0.29) is 12.2 Å². The van der Waals surface area contributed by atoms with Gasteiger partial charge in [0.25, 0.3) is 0 Å². The molecule has 1 fully saturated rings. The zero-order chi connectivity index (χ0) is 13.8. The summed E-state index contributed by atoms with van der Waals surface area (Å²) >= 11 is 0. The van der Waals surface area contributed by atoms with Crippen molar-refractivity contribution in [3.63, 3.8) is 0 Å². The first-order valence-electron chi connectivity index (χ1n) is 6.18. The van der Waals surface area contributed by atoms with Gasteiger partial charge in [-0.1, -0.05) is 0 Å². The van der Waals surface area contributed by atoms with Crippen molar-refractivity contribution in [2.75, 3.05) is 18.0 Å². The molecule has 102 valence electrons. The first-order chi connectivity index (χ1) is 9.04. The van der Waals surface area contributed by atoms with E-state index in [4.69, 9.17) is 9.84 Å². The van der Waals surface area contributed by atoms with Gasteiger partial charge in [0.15, 0.2) is 0 Å². The largest absolute Gasteiger partial charge is 0.478 e. The average molecular weight is 263 g/mol. The molecule has 1 aliphatic rings. The summed E-state index contributed by atoms with van der Waals surface area (Å²) in [5.74, 6) is -0.339. The molecule has 2 atom stereocenters. The number of ether oxygens (including phenoxy) is 1. The molecule has 1 aliphatic heterocycles. The molecule has 0 saturated carbocycles. The van der Waals surface area contributed by atoms with Crippen molar-refractivity contribution in [1.29, 1.82) is 0 Å². The van der Waals surface area contributed by atoms with Gasteiger partial charge in [0, 0.05) is 37.1 Å². The number of carboxylic acids is 1. The highest BCUT2D eigenvalue weighted by Crippen LogP contribution is 2.16. The zero-order valence-electron chi connectivity index (χ0n) is 11.0. The van der Waals surface area contributed by atoms with Crippen LogP contribution in [0.5, 0.6) is 0 Å². The Morgan fingerprint density at radius 1 is 1.37 bits per heavy atom. The van der Waals surface area contributed by atoms with E-state index in [0.717, 1.165) is 19.2 Å². The van der Waals surface area contributed by atoms with Gasteiger partial charge in [-0.15, -0.1) is 0 Å². The van der Waals surface area contributed by atoms with Crippen LogP contribution in [0, 0.1) is 0 Å². The molecule has 0 radical (unpaired) electrons. The van der Waals surface area contributed by atoms with E-state index in [9.17, 15) is 4.79 Å². The predicted molar refractivity (Wildman–Crippen MR) is 70.9 cm³/mol. The van der Waals surface area contributed by atoms with Gasteiger partial charge in [-0.2, -0.15) is 0 Å². The highest BCUT2D eigenvalue weighted by Gasteiger charge is 2.23. The molecular weight excluding hydrogens is 246 g/mol. The topological polar surface area (TPSA) is 75.6 Å². The fourth-order valence-electron chi connectivity index (χ4n) is 2.09. The predicted octanol–water partition coefficient (Wildman–Crippen LogP) is 1.19. The minimum Gasteiger partial charge on any atom is -0.478 e. The molecule has 0 unspecified atom stereocenters. The number of nitrogens with zero attached hydrogens (tertiary/aromatic N) is 3. The molecule has 19 heavy (non-hydrogen) atoms. The number of carboxylic acid groups (broad SMARTS) is 1. The molecular formula is C13H17N3O3. The van der Waals surface area contributed by atoms with Gasteiger partial charge in [-0.3, -0.25) is 0 Å². The summed E-state index contributed by atoms with van der Waals surface area (Å²) in [6, 6.07) is 0. The minimum absolute atomic E-state index is 0.152. The number of carbonyl (C=O) groups is 1. The van der Waals surface area contributed by atoms with Gasteiger partial charge < -0.3 is 14.7 Å². The monoisotopic (exact) mass is 263 g/mol. The van der Waals surface area contributed by atoms with Crippen LogP contribution in [0.25, 0.3) is 6.08 Å². The van der Waals surface area contributed by atoms with Crippen LogP contribution < -0.4 is 4.90 Å². The van der Waals surface area contributed by atoms with Gasteiger partial charge in [-0.05, 0) is 19.9 Å². The second-order valence-corrected chi connectivity index (χ2v) is 4.65. The van der Waals surface area contributed by atoms with Gasteiger partial charge in [0.05, 0.1) is 12.2 Å². The Balaban J connectivity index is 2.07. The van der Waals surface area contributed by atoms with Crippen molar-refractivity contribution in [3.8, 4) is 0 Å². The lowest BCUT2D eigenvalue weighted by molar-refractivity contribution is -0.131. The maximum atomic E-state index is 10.4. The quantitative estimate of drug-likeness (QED) is 0.825. The van der Waals surface area contributed by atoms with Gasteiger partial charge >= 0.3 is 5.97 Å². The maximum absolute atomic E-state index is 10.4. The van der Waals surface area contributed by atoms with Crippen molar-refractivity contribution < 1.29 is 14.6 Å². The molecule has 2 heterocycles. The molecule has 1 aromatic rings. The molecule has 1 saturated heterocycles. The van der Waals surface area contributed by atoms with Crippen LogP contribution >= 0.6 is 0 Å². The molecule has 2 rings (SSSR count). The Bertz CT molecular complexity index is 463. The Morgan fingerprint density at radius 3 is 2.47 bits per heavy atom. The number of anilines is 1. The van der Waals surface area contributed by atoms with Crippen molar-refractivity contribution in [3.05, 3.63) is 24.0 Å². The summed E-state index contributed by atoms with van der Waals surface area (Å²) < 4.78 is 5.65. The molecule has 1 aromatic heterocycles. The first kappa shape index (κ1) is 13.5. The summed E-state index contributed by atoms with van der Waals surface area (Å²) in [4.78, 5) is 21.0. The summed E-state index contributed by atoms with van der Waals surface area (Å²) in [7, 11) is 0. The number of aliphatic carboxylic acids is 1. The van der Waals surface area contributed by atoms with E-state index in [1.54, 1.807) is 12.4 Å². The fourth-order valence-corrected chi connectivity index (χ4v) is 2.09. The van der Waals surface area contributed by atoms with Crippen LogP contribution in [0.15, 0.2) is 18.5 Å². The van der Waals surface area contributed by atoms with Crippen LogP contribution in [-0.2, 0) is 9.53 Å². The van der Waals surface area contributed by atoms with Crippen LogP contribution in [-0.4, -0.2) is 46.3 Å². The summed E-state index contributed by atoms with van der Waals surface area (Å²) in [5.41, 5.74) is 0.667. The molecule has 0 amide bonds. The van der Waals surface area contributed by atoms with Crippen molar-refractivity contribution >= 4 is 18.0 Å². The van der Waals surface area contributed by atoms with Crippen LogP contribution in [0.2, 0.25) is 0 Å². The van der Waals surface area contributed by atoms with Gasteiger partial charge in [-0.25, -0.2) is 14.8 Å². The lowest BCUT2D eigenvalue weighted by Crippen LogP contribution is -2.46. The molecule has 0 aromatic carbocycles. The highest BCUT2D eigenvalue weighted by atomic mass is 16.5. The van der Waals surface area contributed by atoms with E-state index < -0.39 is 5.97 Å². The smallest absolute Gasteiger partial charge is 0.328 e.